The molecule has 5 nitrogen and oxygen atoms in total. The smallest absolute Gasteiger partial charge is 0.228 e. The van der Waals surface area contributed by atoms with Crippen molar-refractivity contribution in [3.63, 3.8) is 0 Å². The summed E-state index contributed by atoms with van der Waals surface area (Å²) in [4.78, 5) is 28.9. The number of ether oxygens (including phenoxy) is 1. The van der Waals surface area contributed by atoms with Crippen LogP contribution >= 0.6 is 0 Å². The van der Waals surface area contributed by atoms with E-state index in [4.69, 9.17) is 4.74 Å². The lowest BCUT2D eigenvalue weighted by molar-refractivity contribution is -0.148. The first-order valence-electron chi connectivity index (χ1n) is 8.90. The maximum atomic E-state index is 12.9. The zero-order valence-corrected chi connectivity index (χ0v) is 14.1. The summed E-state index contributed by atoms with van der Waals surface area (Å²) in [5, 5.41) is 0. The normalized spacial score (nSPS) is 30.7. The van der Waals surface area contributed by atoms with Gasteiger partial charge in [0.15, 0.2) is 0 Å². The molecule has 5 heteroatoms. The second-order valence-corrected chi connectivity index (χ2v) is 7.27. The Labute approximate surface area is 142 Å². The molecule has 3 aliphatic rings. The summed E-state index contributed by atoms with van der Waals surface area (Å²) in [6, 6.07) is 10.4. The first-order valence-corrected chi connectivity index (χ1v) is 8.90. The third-order valence-electron chi connectivity index (χ3n) is 5.24. The molecule has 0 aromatic heterocycles. The van der Waals surface area contributed by atoms with Gasteiger partial charge in [-0.05, 0) is 25.3 Å². The Hall–Kier alpha value is -1.88. The van der Waals surface area contributed by atoms with E-state index in [2.05, 4.69) is 0 Å². The summed E-state index contributed by atoms with van der Waals surface area (Å²) < 4.78 is 6.03. The van der Waals surface area contributed by atoms with Gasteiger partial charge < -0.3 is 14.5 Å². The maximum Gasteiger partial charge on any atom is 0.228 e. The van der Waals surface area contributed by atoms with Crippen LogP contribution in [0.5, 0.6) is 0 Å². The molecule has 0 spiro atoms. The Morgan fingerprint density at radius 1 is 1.12 bits per heavy atom. The van der Waals surface area contributed by atoms with Gasteiger partial charge in [0.1, 0.15) is 6.10 Å². The van der Waals surface area contributed by atoms with Crippen molar-refractivity contribution < 1.29 is 14.3 Å². The SMILES string of the molecule is CC1CN(C(=O)C2CC(=O)N(C3CC3)C2)CC(c2ccccc2)O1. The zero-order valence-electron chi connectivity index (χ0n) is 14.1. The molecule has 1 aromatic carbocycles. The number of amides is 2. The molecule has 24 heavy (non-hydrogen) atoms. The second-order valence-electron chi connectivity index (χ2n) is 7.27. The molecule has 0 bridgehead atoms. The van der Waals surface area contributed by atoms with E-state index in [9.17, 15) is 9.59 Å². The van der Waals surface area contributed by atoms with Crippen LogP contribution in [-0.2, 0) is 14.3 Å². The summed E-state index contributed by atoms with van der Waals surface area (Å²) in [5.74, 6) is 0.0826. The monoisotopic (exact) mass is 328 g/mol. The van der Waals surface area contributed by atoms with E-state index in [0.717, 1.165) is 18.4 Å². The van der Waals surface area contributed by atoms with Crippen molar-refractivity contribution in [1.29, 1.82) is 0 Å². The Bertz CT molecular complexity index is 629. The number of nitrogens with zero attached hydrogens (tertiary/aromatic N) is 2. The number of carbonyl (C=O) groups excluding carboxylic acids is 2. The third-order valence-corrected chi connectivity index (χ3v) is 5.24. The summed E-state index contributed by atoms with van der Waals surface area (Å²) in [5.41, 5.74) is 1.10. The highest BCUT2D eigenvalue weighted by molar-refractivity contribution is 5.89. The molecule has 3 atom stereocenters. The predicted octanol–water partition coefficient (Wildman–Crippen LogP) is 1.99. The van der Waals surface area contributed by atoms with Crippen LogP contribution in [0.4, 0.5) is 0 Å². The number of morpholine rings is 1. The lowest BCUT2D eigenvalue weighted by Crippen LogP contribution is -2.48. The van der Waals surface area contributed by atoms with Gasteiger partial charge in [-0.3, -0.25) is 9.59 Å². The third kappa shape index (κ3) is 3.05. The van der Waals surface area contributed by atoms with E-state index in [1.807, 2.05) is 47.1 Å². The first kappa shape index (κ1) is 15.6. The van der Waals surface area contributed by atoms with E-state index < -0.39 is 0 Å². The highest BCUT2D eigenvalue weighted by Gasteiger charge is 2.43. The molecule has 3 unspecified atom stereocenters. The van der Waals surface area contributed by atoms with Crippen molar-refractivity contribution in [2.24, 2.45) is 5.92 Å². The first-order chi connectivity index (χ1) is 11.6. The van der Waals surface area contributed by atoms with E-state index in [1.54, 1.807) is 0 Å². The molecule has 2 heterocycles. The van der Waals surface area contributed by atoms with Crippen LogP contribution < -0.4 is 0 Å². The molecule has 2 aliphatic heterocycles. The zero-order chi connectivity index (χ0) is 16.7. The minimum Gasteiger partial charge on any atom is -0.367 e. The lowest BCUT2D eigenvalue weighted by atomic mass is 10.0. The molecule has 4 rings (SSSR count). The Morgan fingerprint density at radius 3 is 2.58 bits per heavy atom. The van der Waals surface area contributed by atoms with Gasteiger partial charge in [-0.2, -0.15) is 0 Å². The fourth-order valence-electron chi connectivity index (χ4n) is 3.88. The average Bonchev–Trinajstić information content (AvgIpc) is 3.36. The van der Waals surface area contributed by atoms with Gasteiger partial charge in [0.2, 0.25) is 11.8 Å². The van der Waals surface area contributed by atoms with Crippen LogP contribution in [0.1, 0.15) is 37.9 Å². The van der Waals surface area contributed by atoms with Crippen LogP contribution in [0.25, 0.3) is 0 Å². The van der Waals surface area contributed by atoms with E-state index in [-0.39, 0.29) is 29.9 Å². The average molecular weight is 328 g/mol. The summed E-state index contributed by atoms with van der Waals surface area (Å²) in [6.45, 7) is 3.79. The van der Waals surface area contributed by atoms with Gasteiger partial charge in [0, 0.05) is 25.6 Å². The molecule has 0 radical (unpaired) electrons. The van der Waals surface area contributed by atoms with Gasteiger partial charge in [-0.1, -0.05) is 30.3 Å². The molecule has 1 aromatic rings. The minimum atomic E-state index is -0.181. The number of carbonyl (C=O) groups is 2. The second kappa shape index (κ2) is 6.20. The minimum absolute atomic E-state index is 0.00421. The number of benzene rings is 1. The fraction of sp³-hybridized carbons (Fsp3) is 0.579. The van der Waals surface area contributed by atoms with Crippen molar-refractivity contribution >= 4 is 11.8 Å². The quantitative estimate of drug-likeness (QED) is 0.852. The number of likely N-dealkylation sites (tertiary alicyclic amines) is 1. The molecule has 1 aliphatic carbocycles. The van der Waals surface area contributed by atoms with Crippen LogP contribution in [0.3, 0.4) is 0 Å². The molecule has 2 saturated heterocycles. The van der Waals surface area contributed by atoms with E-state index in [0.29, 0.717) is 32.1 Å². The van der Waals surface area contributed by atoms with Crippen molar-refractivity contribution in [2.75, 3.05) is 19.6 Å². The largest absolute Gasteiger partial charge is 0.367 e. The molecule has 128 valence electrons. The molecule has 3 fully saturated rings. The number of hydrogen-bond donors (Lipinski definition) is 0. The van der Waals surface area contributed by atoms with E-state index >= 15 is 0 Å². The summed E-state index contributed by atoms with van der Waals surface area (Å²) in [7, 11) is 0. The van der Waals surface area contributed by atoms with Crippen LogP contribution in [-0.4, -0.2) is 53.4 Å². The predicted molar refractivity (Wildman–Crippen MR) is 89.2 cm³/mol. The standard InChI is InChI=1S/C19H24N2O3/c1-13-10-20(12-17(24-13)14-5-3-2-4-6-14)19(23)15-9-18(22)21(11-15)16-7-8-16/h2-6,13,15-17H,7-12H2,1H3. The van der Waals surface area contributed by atoms with Crippen molar-refractivity contribution in [1.82, 2.24) is 9.80 Å². The fourth-order valence-corrected chi connectivity index (χ4v) is 3.88. The Morgan fingerprint density at radius 2 is 1.88 bits per heavy atom. The molecular formula is C19H24N2O3. The van der Waals surface area contributed by atoms with Crippen molar-refractivity contribution in [3.8, 4) is 0 Å². The van der Waals surface area contributed by atoms with Gasteiger partial charge in [-0.25, -0.2) is 0 Å². The number of rotatable bonds is 3. The Kier molecular flexibility index (Phi) is 4.04. The number of hydrogen-bond acceptors (Lipinski definition) is 3. The topological polar surface area (TPSA) is 49.9 Å². The highest BCUT2D eigenvalue weighted by atomic mass is 16.5. The van der Waals surface area contributed by atoms with Crippen molar-refractivity contribution in [3.05, 3.63) is 35.9 Å². The van der Waals surface area contributed by atoms with Crippen LogP contribution in [0.15, 0.2) is 30.3 Å². The molecular weight excluding hydrogens is 304 g/mol. The van der Waals surface area contributed by atoms with Crippen LogP contribution in [0.2, 0.25) is 0 Å². The Balaban J connectivity index is 1.45. The maximum absolute atomic E-state index is 12.9. The van der Waals surface area contributed by atoms with Crippen LogP contribution in [0, 0.1) is 5.92 Å². The van der Waals surface area contributed by atoms with E-state index in [1.165, 1.54) is 0 Å². The van der Waals surface area contributed by atoms with Gasteiger partial charge in [0.05, 0.1) is 18.6 Å². The van der Waals surface area contributed by atoms with Gasteiger partial charge >= 0.3 is 0 Å². The summed E-state index contributed by atoms with van der Waals surface area (Å²) >= 11 is 0. The molecule has 0 N–H and O–H groups in total. The summed E-state index contributed by atoms with van der Waals surface area (Å²) in [6.07, 6.45) is 2.48. The van der Waals surface area contributed by atoms with Crippen molar-refractivity contribution in [2.45, 2.75) is 44.4 Å². The molecule has 2 amide bonds. The molecule has 1 saturated carbocycles. The van der Waals surface area contributed by atoms with Gasteiger partial charge in [0.25, 0.3) is 0 Å². The highest BCUT2D eigenvalue weighted by Crippen LogP contribution is 2.34. The lowest BCUT2D eigenvalue weighted by Gasteiger charge is -2.38. The van der Waals surface area contributed by atoms with Gasteiger partial charge in [-0.15, -0.1) is 0 Å².